The zero-order valence-electron chi connectivity index (χ0n) is 14.5. The van der Waals surface area contributed by atoms with E-state index in [1.807, 2.05) is 0 Å². The highest BCUT2D eigenvalue weighted by Crippen LogP contribution is 2.40. The van der Waals surface area contributed by atoms with Crippen LogP contribution in [-0.2, 0) is 4.74 Å². The third-order valence-electron chi connectivity index (χ3n) is 4.93. The molecule has 2 aromatic rings. The standard InChI is InChI=1S/C18H24N4O2S/c1-12-2-5-16(25-12)15(22-6-8-24-9-7-22)11-19-18(23)14-10-20-21-17(14)13-3-4-13/h2,5,10,13,15H,3-4,6-9,11H2,1H3,(H,19,23)(H,20,21)/t15-/m0/s1. The molecule has 4 rings (SSSR count). The molecule has 2 aliphatic rings. The van der Waals surface area contributed by atoms with Gasteiger partial charge in [-0.1, -0.05) is 0 Å². The summed E-state index contributed by atoms with van der Waals surface area (Å²) in [5.74, 6) is 0.459. The van der Waals surface area contributed by atoms with E-state index in [0.29, 0.717) is 18.0 Å². The Balaban J connectivity index is 1.46. The lowest BCUT2D eigenvalue weighted by Crippen LogP contribution is -2.43. The van der Waals surface area contributed by atoms with Crippen LogP contribution in [0.15, 0.2) is 18.3 Å². The second-order valence-corrected chi connectivity index (χ2v) is 8.11. The van der Waals surface area contributed by atoms with Crippen LogP contribution in [0.4, 0.5) is 0 Å². The molecule has 1 atom stereocenters. The van der Waals surface area contributed by atoms with Gasteiger partial charge in [0.05, 0.1) is 36.7 Å². The number of rotatable bonds is 6. The van der Waals surface area contributed by atoms with Crippen molar-refractivity contribution in [2.75, 3.05) is 32.8 Å². The molecule has 2 N–H and O–H groups in total. The lowest BCUT2D eigenvalue weighted by molar-refractivity contribution is 0.0169. The summed E-state index contributed by atoms with van der Waals surface area (Å²) < 4.78 is 5.49. The molecule has 2 fully saturated rings. The third-order valence-corrected chi connectivity index (χ3v) is 6.03. The monoisotopic (exact) mass is 360 g/mol. The van der Waals surface area contributed by atoms with Gasteiger partial charge in [-0.2, -0.15) is 5.10 Å². The van der Waals surface area contributed by atoms with Crippen molar-refractivity contribution >= 4 is 17.2 Å². The van der Waals surface area contributed by atoms with Crippen molar-refractivity contribution in [2.24, 2.45) is 0 Å². The van der Waals surface area contributed by atoms with Crippen LogP contribution < -0.4 is 5.32 Å². The fourth-order valence-corrected chi connectivity index (χ4v) is 4.39. The first-order valence-electron chi connectivity index (χ1n) is 8.92. The summed E-state index contributed by atoms with van der Waals surface area (Å²) in [6.07, 6.45) is 3.95. The molecule has 0 unspecified atom stereocenters. The molecule has 6 nitrogen and oxygen atoms in total. The molecule has 1 aliphatic heterocycles. The average Bonchev–Trinajstić information content (AvgIpc) is 3.19. The quantitative estimate of drug-likeness (QED) is 0.830. The molecular formula is C18H24N4O2S. The molecule has 0 radical (unpaired) electrons. The van der Waals surface area contributed by atoms with E-state index < -0.39 is 0 Å². The minimum absolute atomic E-state index is 0.0258. The summed E-state index contributed by atoms with van der Waals surface area (Å²) in [7, 11) is 0. The Bertz CT molecular complexity index is 731. The van der Waals surface area contributed by atoms with Crippen LogP contribution >= 0.6 is 11.3 Å². The predicted molar refractivity (Wildman–Crippen MR) is 97.1 cm³/mol. The second kappa shape index (κ2) is 7.27. The predicted octanol–water partition coefficient (Wildman–Crippen LogP) is 2.46. The van der Waals surface area contributed by atoms with Crippen LogP contribution in [0.2, 0.25) is 0 Å². The first-order valence-corrected chi connectivity index (χ1v) is 9.73. The zero-order valence-corrected chi connectivity index (χ0v) is 15.3. The second-order valence-electron chi connectivity index (χ2n) is 6.79. The Morgan fingerprint density at radius 1 is 1.44 bits per heavy atom. The topological polar surface area (TPSA) is 70.2 Å². The minimum atomic E-state index is -0.0258. The number of thiophene rings is 1. The van der Waals surface area contributed by atoms with E-state index in [-0.39, 0.29) is 11.9 Å². The largest absolute Gasteiger partial charge is 0.379 e. The first-order chi connectivity index (χ1) is 12.2. The van der Waals surface area contributed by atoms with Crippen LogP contribution in [0.25, 0.3) is 0 Å². The number of amides is 1. The summed E-state index contributed by atoms with van der Waals surface area (Å²) >= 11 is 1.80. The van der Waals surface area contributed by atoms with Crippen LogP contribution in [0.1, 0.15) is 50.6 Å². The Labute approximate surface area is 151 Å². The van der Waals surface area contributed by atoms with Crippen molar-refractivity contribution in [1.82, 2.24) is 20.4 Å². The van der Waals surface area contributed by atoms with Gasteiger partial charge in [-0.25, -0.2) is 0 Å². The SMILES string of the molecule is Cc1ccc([C@H](CNC(=O)c2cn[nH]c2C2CC2)N2CCOCC2)s1. The molecule has 1 saturated heterocycles. The van der Waals surface area contributed by atoms with Gasteiger partial charge in [0.1, 0.15) is 0 Å². The Kier molecular flexibility index (Phi) is 4.87. The Morgan fingerprint density at radius 3 is 2.92 bits per heavy atom. The third kappa shape index (κ3) is 3.78. The van der Waals surface area contributed by atoms with Crippen molar-refractivity contribution in [1.29, 1.82) is 0 Å². The van der Waals surface area contributed by atoms with Gasteiger partial charge in [-0.3, -0.25) is 14.8 Å². The smallest absolute Gasteiger partial charge is 0.254 e. The molecule has 3 heterocycles. The maximum atomic E-state index is 12.7. The molecule has 1 saturated carbocycles. The van der Waals surface area contributed by atoms with Crippen LogP contribution in [-0.4, -0.2) is 53.9 Å². The molecule has 134 valence electrons. The van der Waals surface area contributed by atoms with E-state index in [2.05, 4.69) is 39.5 Å². The fourth-order valence-electron chi connectivity index (χ4n) is 3.38. The van der Waals surface area contributed by atoms with Crippen molar-refractivity contribution < 1.29 is 9.53 Å². The van der Waals surface area contributed by atoms with Crippen LogP contribution in [0.3, 0.4) is 0 Å². The lowest BCUT2D eigenvalue weighted by Gasteiger charge is -2.34. The highest BCUT2D eigenvalue weighted by Gasteiger charge is 2.30. The number of carbonyl (C=O) groups excluding carboxylic acids is 1. The van der Waals surface area contributed by atoms with E-state index in [9.17, 15) is 4.79 Å². The van der Waals surface area contributed by atoms with Crippen molar-refractivity contribution in [3.63, 3.8) is 0 Å². The highest BCUT2D eigenvalue weighted by atomic mass is 32.1. The van der Waals surface area contributed by atoms with E-state index in [1.54, 1.807) is 17.5 Å². The maximum Gasteiger partial charge on any atom is 0.254 e. The number of nitrogens with zero attached hydrogens (tertiary/aromatic N) is 2. The Morgan fingerprint density at radius 2 is 2.24 bits per heavy atom. The van der Waals surface area contributed by atoms with Gasteiger partial charge in [0.25, 0.3) is 5.91 Å². The molecule has 1 aliphatic carbocycles. The number of aromatic nitrogens is 2. The number of hydrogen-bond acceptors (Lipinski definition) is 5. The number of H-pyrrole nitrogens is 1. The van der Waals surface area contributed by atoms with Gasteiger partial charge in [0.2, 0.25) is 0 Å². The number of hydrogen-bond donors (Lipinski definition) is 2. The Hall–Kier alpha value is -1.70. The van der Waals surface area contributed by atoms with Gasteiger partial charge in [0, 0.05) is 35.3 Å². The number of aromatic amines is 1. The van der Waals surface area contributed by atoms with Gasteiger partial charge in [-0.05, 0) is 31.9 Å². The number of nitrogens with one attached hydrogen (secondary N) is 2. The summed E-state index contributed by atoms with van der Waals surface area (Å²) in [6.45, 7) is 6.03. The van der Waals surface area contributed by atoms with Crippen molar-refractivity contribution in [2.45, 2.75) is 31.7 Å². The summed E-state index contributed by atoms with van der Waals surface area (Å²) in [5.41, 5.74) is 1.69. The molecule has 0 bridgehead atoms. The molecular weight excluding hydrogens is 336 g/mol. The van der Waals surface area contributed by atoms with E-state index in [4.69, 9.17) is 4.74 Å². The van der Waals surface area contributed by atoms with Gasteiger partial charge in [-0.15, -0.1) is 11.3 Å². The zero-order chi connectivity index (χ0) is 17.2. The molecule has 1 amide bonds. The van der Waals surface area contributed by atoms with Crippen LogP contribution in [0, 0.1) is 6.92 Å². The fraction of sp³-hybridized carbons (Fsp3) is 0.556. The number of carbonyl (C=O) groups is 1. The first kappa shape index (κ1) is 16.8. The molecule has 7 heteroatoms. The summed E-state index contributed by atoms with van der Waals surface area (Å²) in [4.78, 5) is 17.7. The average molecular weight is 360 g/mol. The van der Waals surface area contributed by atoms with Gasteiger partial charge < -0.3 is 10.1 Å². The van der Waals surface area contributed by atoms with E-state index >= 15 is 0 Å². The number of aryl methyl sites for hydroxylation is 1. The molecule has 2 aromatic heterocycles. The minimum Gasteiger partial charge on any atom is -0.379 e. The highest BCUT2D eigenvalue weighted by molar-refractivity contribution is 7.12. The molecule has 0 aromatic carbocycles. The van der Waals surface area contributed by atoms with Crippen LogP contribution in [0.5, 0.6) is 0 Å². The van der Waals surface area contributed by atoms with Crippen molar-refractivity contribution in [3.8, 4) is 0 Å². The van der Waals surface area contributed by atoms with Gasteiger partial charge >= 0.3 is 0 Å². The van der Waals surface area contributed by atoms with Gasteiger partial charge in [0.15, 0.2) is 0 Å². The lowest BCUT2D eigenvalue weighted by atomic mass is 10.1. The number of ether oxygens (including phenoxy) is 1. The summed E-state index contributed by atoms with van der Waals surface area (Å²) in [6, 6.07) is 4.53. The number of morpholine rings is 1. The summed E-state index contributed by atoms with van der Waals surface area (Å²) in [5, 5.41) is 10.2. The maximum absolute atomic E-state index is 12.7. The molecule has 25 heavy (non-hydrogen) atoms. The normalized spacial score (nSPS) is 19.7. The van der Waals surface area contributed by atoms with E-state index in [0.717, 1.165) is 44.8 Å². The van der Waals surface area contributed by atoms with Crippen molar-refractivity contribution in [3.05, 3.63) is 39.3 Å². The van der Waals surface area contributed by atoms with E-state index in [1.165, 1.54) is 9.75 Å². The molecule has 0 spiro atoms.